The molecule has 9 rings (SSSR count). The van der Waals surface area contributed by atoms with Crippen LogP contribution in [0.15, 0.2) is 118 Å². The van der Waals surface area contributed by atoms with Crippen molar-refractivity contribution in [3.05, 3.63) is 142 Å². The molecule has 1 spiro atoms. The summed E-state index contributed by atoms with van der Waals surface area (Å²) in [6.45, 7) is 0. The van der Waals surface area contributed by atoms with Crippen molar-refractivity contribution in [2.75, 3.05) is 0 Å². The molecule has 4 nitrogen and oxygen atoms in total. The van der Waals surface area contributed by atoms with Crippen molar-refractivity contribution >= 4 is 27.8 Å². The molecule has 2 aliphatic carbocycles. The summed E-state index contributed by atoms with van der Waals surface area (Å²) < 4.78 is 7.71. The average Bonchev–Trinajstić information content (AvgIpc) is 3.55. The van der Waals surface area contributed by atoms with Crippen molar-refractivity contribution in [3.8, 4) is 22.3 Å². The standard InChI is InChI=1S/C33H18N2O2/c36-31-22-12-4-8-16-30(22)37-32-34-28-18-27-23(17-29(28)35(31)32)21-11-3-7-15-26(21)33(27)24-13-5-1-9-19(24)20-10-2-6-14-25(20)33/h1-18H. The Hall–Kier alpha value is -4.96. The van der Waals surface area contributed by atoms with Crippen LogP contribution < -0.4 is 5.56 Å². The van der Waals surface area contributed by atoms with Gasteiger partial charge in [-0.2, -0.15) is 4.98 Å². The quantitative estimate of drug-likeness (QED) is 0.239. The normalized spacial score (nSPS) is 14.3. The Morgan fingerprint density at radius 3 is 1.86 bits per heavy atom. The zero-order valence-corrected chi connectivity index (χ0v) is 19.6. The monoisotopic (exact) mass is 474 g/mol. The highest BCUT2D eigenvalue weighted by Gasteiger charge is 2.51. The van der Waals surface area contributed by atoms with Crippen molar-refractivity contribution in [1.82, 2.24) is 9.38 Å². The first-order valence-corrected chi connectivity index (χ1v) is 12.4. The third-order valence-corrected chi connectivity index (χ3v) is 8.26. The van der Waals surface area contributed by atoms with Crippen LogP contribution in [0.1, 0.15) is 22.3 Å². The molecule has 37 heavy (non-hydrogen) atoms. The van der Waals surface area contributed by atoms with Gasteiger partial charge >= 0.3 is 5.84 Å². The van der Waals surface area contributed by atoms with Gasteiger partial charge in [-0.1, -0.05) is 84.9 Å². The van der Waals surface area contributed by atoms with Gasteiger partial charge in [0.25, 0.3) is 5.56 Å². The molecule has 5 aromatic carbocycles. The number of rotatable bonds is 0. The Balaban J connectivity index is 1.48. The second kappa shape index (κ2) is 6.42. The zero-order valence-electron chi connectivity index (χ0n) is 19.6. The lowest BCUT2D eigenvalue weighted by Crippen LogP contribution is -2.25. The largest absolute Gasteiger partial charge is 0.424 e. The molecule has 0 amide bonds. The van der Waals surface area contributed by atoms with E-state index in [0.29, 0.717) is 16.8 Å². The van der Waals surface area contributed by atoms with Crippen LogP contribution in [0.5, 0.6) is 0 Å². The van der Waals surface area contributed by atoms with E-state index in [4.69, 9.17) is 9.40 Å². The summed E-state index contributed by atoms with van der Waals surface area (Å²) in [6.07, 6.45) is 0. The van der Waals surface area contributed by atoms with Crippen LogP contribution in [-0.2, 0) is 5.41 Å². The van der Waals surface area contributed by atoms with Crippen molar-refractivity contribution in [2.45, 2.75) is 5.41 Å². The molecule has 0 unspecified atom stereocenters. The van der Waals surface area contributed by atoms with E-state index >= 15 is 0 Å². The Morgan fingerprint density at radius 1 is 0.622 bits per heavy atom. The first-order valence-electron chi connectivity index (χ1n) is 12.4. The fourth-order valence-electron chi connectivity index (χ4n) is 6.86. The fraction of sp³-hybridized carbons (Fsp3) is 0.0303. The molecule has 0 aliphatic heterocycles. The number of para-hydroxylation sites is 1. The van der Waals surface area contributed by atoms with E-state index in [1.165, 1.54) is 38.9 Å². The summed E-state index contributed by atoms with van der Waals surface area (Å²) in [5.74, 6) is 0.317. The predicted octanol–water partition coefficient (Wildman–Crippen LogP) is 6.94. The van der Waals surface area contributed by atoms with E-state index in [9.17, 15) is 4.79 Å². The van der Waals surface area contributed by atoms with Gasteiger partial charge in [0.2, 0.25) is 0 Å². The maximum atomic E-state index is 13.5. The molecule has 172 valence electrons. The van der Waals surface area contributed by atoms with Crippen LogP contribution >= 0.6 is 0 Å². The lowest BCUT2D eigenvalue weighted by Gasteiger charge is -2.30. The molecule has 2 aliphatic rings. The molecule has 7 aromatic rings. The second-order valence-electron chi connectivity index (χ2n) is 9.91. The summed E-state index contributed by atoms with van der Waals surface area (Å²) in [4.78, 5) is 18.4. The van der Waals surface area contributed by atoms with E-state index in [0.717, 1.165) is 16.6 Å². The number of fused-ring (bicyclic) bond motifs is 14. The summed E-state index contributed by atoms with van der Waals surface area (Å²) in [7, 11) is 0. The fourth-order valence-corrected chi connectivity index (χ4v) is 6.86. The van der Waals surface area contributed by atoms with E-state index in [2.05, 4.69) is 84.9 Å². The topological polar surface area (TPSA) is 47.5 Å². The van der Waals surface area contributed by atoms with E-state index < -0.39 is 5.41 Å². The highest BCUT2D eigenvalue weighted by molar-refractivity contribution is 5.99. The molecule has 2 aromatic heterocycles. The molecular weight excluding hydrogens is 456 g/mol. The lowest BCUT2D eigenvalue weighted by atomic mass is 9.70. The third kappa shape index (κ3) is 2.12. The molecule has 2 heterocycles. The number of hydrogen-bond donors (Lipinski definition) is 0. The molecule has 0 saturated heterocycles. The smallest absolute Gasteiger partial charge is 0.310 e. The van der Waals surface area contributed by atoms with E-state index in [1.807, 2.05) is 18.2 Å². The van der Waals surface area contributed by atoms with Gasteiger partial charge in [0.1, 0.15) is 5.58 Å². The van der Waals surface area contributed by atoms with Gasteiger partial charge in [-0.05, 0) is 68.8 Å². The van der Waals surface area contributed by atoms with Crippen molar-refractivity contribution < 1.29 is 4.42 Å². The maximum absolute atomic E-state index is 13.5. The van der Waals surface area contributed by atoms with Gasteiger partial charge in [-0.3, -0.25) is 4.79 Å². The summed E-state index contributed by atoms with van der Waals surface area (Å²) >= 11 is 0. The van der Waals surface area contributed by atoms with Crippen LogP contribution in [0.4, 0.5) is 0 Å². The van der Waals surface area contributed by atoms with E-state index in [-0.39, 0.29) is 5.56 Å². The zero-order chi connectivity index (χ0) is 24.3. The Morgan fingerprint density at radius 2 is 1.19 bits per heavy atom. The molecule has 0 atom stereocenters. The highest BCUT2D eigenvalue weighted by Crippen LogP contribution is 2.62. The van der Waals surface area contributed by atoms with Crippen LogP contribution in [0.2, 0.25) is 0 Å². The molecule has 0 N–H and O–H groups in total. The number of aromatic nitrogens is 2. The van der Waals surface area contributed by atoms with Crippen molar-refractivity contribution in [2.24, 2.45) is 0 Å². The van der Waals surface area contributed by atoms with Crippen molar-refractivity contribution in [3.63, 3.8) is 0 Å². The minimum absolute atomic E-state index is 0.114. The first kappa shape index (κ1) is 19.3. The number of hydrogen-bond acceptors (Lipinski definition) is 3. The molecule has 0 radical (unpaired) electrons. The summed E-state index contributed by atoms with van der Waals surface area (Å²) in [5, 5.41) is 0.547. The number of imidazole rings is 1. The lowest BCUT2D eigenvalue weighted by molar-refractivity contribution is 0.616. The SMILES string of the molecule is O=c1c2ccccc2oc2nc3cc4c(cc3n12)-c1ccccc1C41c2ccccc2-c2ccccc21. The van der Waals surface area contributed by atoms with Crippen LogP contribution in [0.3, 0.4) is 0 Å². The van der Waals surface area contributed by atoms with Gasteiger partial charge < -0.3 is 4.42 Å². The molecule has 0 bridgehead atoms. The van der Waals surface area contributed by atoms with Gasteiger partial charge in [0, 0.05) is 0 Å². The van der Waals surface area contributed by atoms with Crippen LogP contribution in [-0.4, -0.2) is 9.38 Å². The van der Waals surface area contributed by atoms with Gasteiger partial charge in [-0.25, -0.2) is 4.40 Å². The second-order valence-corrected chi connectivity index (χ2v) is 9.91. The minimum Gasteiger partial charge on any atom is -0.424 e. The molecule has 4 heteroatoms. The van der Waals surface area contributed by atoms with Crippen LogP contribution in [0.25, 0.3) is 50.1 Å². The third-order valence-electron chi connectivity index (χ3n) is 8.26. The predicted molar refractivity (Wildman–Crippen MR) is 145 cm³/mol. The summed E-state index contributed by atoms with van der Waals surface area (Å²) in [5.41, 5.74) is 11.4. The van der Waals surface area contributed by atoms with Gasteiger partial charge in [-0.15, -0.1) is 0 Å². The first-order chi connectivity index (χ1) is 18.3. The van der Waals surface area contributed by atoms with Crippen LogP contribution in [0, 0.1) is 0 Å². The minimum atomic E-state index is -0.439. The Kier molecular flexibility index (Phi) is 3.34. The number of benzene rings is 5. The van der Waals surface area contributed by atoms with E-state index in [1.54, 1.807) is 10.5 Å². The molecular formula is C33H18N2O2. The summed E-state index contributed by atoms with van der Waals surface area (Å²) in [6, 6.07) is 37.8. The average molecular weight is 475 g/mol. The Bertz CT molecular complexity index is 2140. The number of nitrogens with zero attached hydrogens (tertiary/aromatic N) is 2. The van der Waals surface area contributed by atoms with Gasteiger partial charge in [0.15, 0.2) is 0 Å². The highest BCUT2D eigenvalue weighted by atomic mass is 16.3. The maximum Gasteiger partial charge on any atom is 0.310 e. The van der Waals surface area contributed by atoms with Crippen molar-refractivity contribution in [1.29, 1.82) is 0 Å². The molecule has 0 saturated carbocycles. The molecule has 0 fully saturated rings. The Labute approximate surface area is 211 Å². The van der Waals surface area contributed by atoms with Gasteiger partial charge in [0.05, 0.1) is 21.8 Å².